The first-order valence-corrected chi connectivity index (χ1v) is 6.81. The van der Waals surface area contributed by atoms with Gasteiger partial charge in [0.25, 0.3) is 5.91 Å². The molecule has 0 aromatic carbocycles. The fourth-order valence-corrected chi connectivity index (χ4v) is 3.28. The Balaban J connectivity index is 1.65. The number of halogens is 1. The standard InChI is InChI=1S/C13H17ClN2O2/c1-8-6-9-4-5-16(8)7-10(9)15-13(17)11-2-3-12(14)18-11/h2-3,8-10H,4-7H2,1H3,(H,15,17)/t8?,9?,10-/m0/s1. The molecule has 1 aromatic rings. The van der Waals surface area contributed by atoms with Crippen molar-refractivity contribution >= 4 is 17.5 Å². The number of piperidine rings is 3. The Morgan fingerprint density at radius 2 is 2.39 bits per heavy atom. The van der Waals surface area contributed by atoms with Crippen LogP contribution in [0.1, 0.15) is 30.3 Å². The number of fused-ring (bicyclic) bond motifs is 3. The van der Waals surface area contributed by atoms with Crippen LogP contribution in [0.15, 0.2) is 16.5 Å². The van der Waals surface area contributed by atoms with Gasteiger partial charge in [0, 0.05) is 18.6 Å². The van der Waals surface area contributed by atoms with E-state index in [0.29, 0.717) is 17.7 Å². The van der Waals surface area contributed by atoms with Crippen molar-refractivity contribution in [1.82, 2.24) is 10.2 Å². The number of amides is 1. The van der Waals surface area contributed by atoms with Crippen LogP contribution in [0.2, 0.25) is 5.22 Å². The van der Waals surface area contributed by atoms with E-state index in [2.05, 4.69) is 17.1 Å². The molecule has 1 N–H and O–H groups in total. The van der Waals surface area contributed by atoms with E-state index in [1.165, 1.54) is 12.8 Å². The van der Waals surface area contributed by atoms with E-state index >= 15 is 0 Å². The van der Waals surface area contributed by atoms with Crippen LogP contribution in [0, 0.1) is 5.92 Å². The monoisotopic (exact) mass is 268 g/mol. The van der Waals surface area contributed by atoms with Crippen LogP contribution < -0.4 is 5.32 Å². The smallest absolute Gasteiger partial charge is 0.287 e. The molecule has 98 valence electrons. The molecule has 4 rings (SSSR count). The van der Waals surface area contributed by atoms with E-state index < -0.39 is 0 Å². The molecule has 2 bridgehead atoms. The van der Waals surface area contributed by atoms with Gasteiger partial charge in [-0.05, 0) is 56.0 Å². The van der Waals surface area contributed by atoms with Crippen LogP contribution in [0.3, 0.4) is 0 Å². The summed E-state index contributed by atoms with van der Waals surface area (Å²) < 4.78 is 5.13. The summed E-state index contributed by atoms with van der Waals surface area (Å²) in [6, 6.07) is 4.10. The third kappa shape index (κ3) is 2.15. The molecule has 1 amide bonds. The molecule has 4 heterocycles. The summed E-state index contributed by atoms with van der Waals surface area (Å²) >= 11 is 5.67. The van der Waals surface area contributed by atoms with Crippen molar-refractivity contribution in [3.8, 4) is 0 Å². The van der Waals surface area contributed by atoms with Crippen molar-refractivity contribution in [3.63, 3.8) is 0 Å². The quantitative estimate of drug-likeness (QED) is 0.894. The maximum Gasteiger partial charge on any atom is 0.287 e. The first-order chi connectivity index (χ1) is 8.63. The lowest BCUT2D eigenvalue weighted by molar-refractivity contribution is 0.0269. The molecule has 0 radical (unpaired) electrons. The van der Waals surface area contributed by atoms with Crippen LogP contribution in [0.5, 0.6) is 0 Å². The van der Waals surface area contributed by atoms with Crippen LogP contribution in [-0.4, -0.2) is 36.0 Å². The van der Waals surface area contributed by atoms with Gasteiger partial charge in [-0.25, -0.2) is 0 Å². The van der Waals surface area contributed by atoms with Crippen molar-refractivity contribution in [2.45, 2.75) is 31.8 Å². The topological polar surface area (TPSA) is 45.5 Å². The SMILES string of the molecule is CC1CC2CCN1C[C@@H]2NC(=O)c1ccc(Cl)o1. The molecule has 4 atom stereocenters. The van der Waals surface area contributed by atoms with Crippen molar-refractivity contribution in [1.29, 1.82) is 0 Å². The molecule has 0 saturated carbocycles. The predicted octanol–water partition coefficient (Wildman–Crippen LogP) is 2.15. The minimum atomic E-state index is -0.159. The number of carbonyl (C=O) groups excluding carboxylic acids is 1. The average Bonchev–Trinajstić information content (AvgIpc) is 2.77. The Hall–Kier alpha value is -1.00. The van der Waals surface area contributed by atoms with Gasteiger partial charge < -0.3 is 9.73 Å². The number of nitrogens with one attached hydrogen (secondary N) is 1. The van der Waals surface area contributed by atoms with Gasteiger partial charge in [0.2, 0.25) is 0 Å². The molecular formula is C13H17ClN2O2. The number of hydrogen-bond donors (Lipinski definition) is 1. The van der Waals surface area contributed by atoms with Gasteiger partial charge in [-0.1, -0.05) is 0 Å². The van der Waals surface area contributed by atoms with Gasteiger partial charge in [-0.3, -0.25) is 9.69 Å². The zero-order chi connectivity index (χ0) is 12.7. The molecule has 1 aromatic heterocycles. The molecule has 0 aliphatic carbocycles. The van der Waals surface area contributed by atoms with E-state index in [-0.39, 0.29) is 17.2 Å². The minimum Gasteiger partial charge on any atom is -0.440 e. The molecule has 3 aliphatic rings. The lowest BCUT2D eigenvalue weighted by atomic mass is 9.80. The molecular weight excluding hydrogens is 252 g/mol. The Kier molecular flexibility index (Phi) is 3.08. The third-order valence-corrected chi connectivity index (χ3v) is 4.37. The molecule has 3 fully saturated rings. The number of furan rings is 1. The number of hydrogen-bond acceptors (Lipinski definition) is 3. The number of nitrogens with zero attached hydrogens (tertiary/aromatic N) is 1. The Morgan fingerprint density at radius 1 is 1.56 bits per heavy atom. The first-order valence-electron chi connectivity index (χ1n) is 6.44. The van der Waals surface area contributed by atoms with Gasteiger partial charge in [0.05, 0.1) is 0 Å². The third-order valence-electron chi connectivity index (χ3n) is 4.17. The summed E-state index contributed by atoms with van der Waals surface area (Å²) in [6.07, 6.45) is 2.35. The van der Waals surface area contributed by atoms with E-state index in [1.807, 2.05) is 0 Å². The summed E-state index contributed by atoms with van der Waals surface area (Å²) in [7, 11) is 0. The van der Waals surface area contributed by atoms with Crippen molar-refractivity contribution in [2.24, 2.45) is 5.92 Å². The highest BCUT2D eigenvalue weighted by Gasteiger charge is 2.38. The zero-order valence-corrected chi connectivity index (χ0v) is 11.1. The molecule has 0 spiro atoms. The summed E-state index contributed by atoms with van der Waals surface area (Å²) in [5, 5.41) is 3.32. The first kappa shape index (κ1) is 12.1. The zero-order valence-electron chi connectivity index (χ0n) is 10.4. The Labute approximate surface area is 111 Å². The molecule has 3 unspecified atom stereocenters. The second-order valence-corrected chi connectivity index (χ2v) is 5.68. The van der Waals surface area contributed by atoms with Crippen LogP contribution >= 0.6 is 11.6 Å². The minimum absolute atomic E-state index is 0.159. The molecule has 4 nitrogen and oxygen atoms in total. The Bertz CT molecular complexity index is 460. The van der Waals surface area contributed by atoms with Crippen LogP contribution in [0.4, 0.5) is 0 Å². The summed E-state index contributed by atoms with van der Waals surface area (Å²) in [5.74, 6) is 0.734. The number of carbonyl (C=O) groups is 1. The van der Waals surface area contributed by atoms with Crippen molar-refractivity contribution in [2.75, 3.05) is 13.1 Å². The normalized spacial score (nSPS) is 34.6. The largest absolute Gasteiger partial charge is 0.440 e. The maximum absolute atomic E-state index is 12.0. The van der Waals surface area contributed by atoms with Crippen LogP contribution in [0.25, 0.3) is 0 Å². The van der Waals surface area contributed by atoms with Crippen molar-refractivity contribution in [3.05, 3.63) is 23.1 Å². The lowest BCUT2D eigenvalue weighted by Crippen LogP contribution is -2.60. The van der Waals surface area contributed by atoms with E-state index in [9.17, 15) is 4.79 Å². The second kappa shape index (κ2) is 4.59. The lowest BCUT2D eigenvalue weighted by Gasteiger charge is -2.48. The molecule has 3 aliphatic heterocycles. The van der Waals surface area contributed by atoms with Gasteiger partial charge >= 0.3 is 0 Å². The molecule has 18 heavy (non-hydrogen) atoms. The predicted molar refractivity (Wildman–Crippen MR) is 68.7 cm³/mol. The van der Waals surface area contributed by atoms with Crippen molar-refractivity contribution < 1.29 is 9.21 Å². The maximum atomic E-state index is 12.0. The summed E-state index contributed by atoms with van der Waals surface area (Å²) in [6.45, 7) is 4.37. The molecule has 3 saturated heterocycles. The molecule has 5 heteroatoms. The van der Waals surface area contributed by atoms with E-state index in [4.69, 9.17) is 16.0 Å². The van der Waals surface area contributed by atoms with Gasteiger partial charge in [0.15, 0.2) is 11.0 Å². The fraction of sp³-hybridized carbons (Fsp3) is 0.615. The summed E-state index contributed by atoms with van der Waals surface area (Å²) in [4.78, 5) is 14.4. The van der Waals surface area contributed by atoms with Gasteiger partial charge in [-0.15, -0.1) is 0 Å². The highest BCUT2D eigenvalue weighted by atomic mass is 35.5. The fourth-order valence-electron chi connectivity index (χ4n) is 3.13. The average molecular weight is 269 g/mol. The van der Waals surface area contributed by atoms with E-state index in [0.717, 1.165) is 13.1 Å². The highest BCUT2D eigenvalue weighted by molar-refractivity contribution is 6.29. The Morgan fingerprint density at radius 3 is 2.94 bits per heavy atom. The number of rotatable bonds is 2. The second-order valence-electron chi connectivity index (χ2n) is 5.31. The van der Waals surface area contributed by atoms with E-state index in [1.54, 1.807) is 12.1 Å². The van der Waals surface area contributed by atoms with Gasteiger partial charge in [-0.2, -0.15) is 0 Å². The van der Waals surface area contributed by atoms with Crippen LogP contribution in [-0.2, 0) is 0 Å². The summed E-state index contributed by atoms with van der Waals surface area (Å²) in [5.41, 5.74) is 0. The van der Waals surface area contributed by atoms with Gasteiger partial charge in [0.1, 0.15) is 0 Å². The highest BCUT2D eigenvalue weighted by Crippen LogP contribution is 2.32.